The van der Waals surface area contributed by atoms with Gasteiger partial charge in [-0.05, 0) is 12.0 Å². The van der Waals surface area contributed by atoms with Gasteiger partial charge in [-0.15, -0.1) is 0 Å². The van der Waals surface area contributed by atoms with Crippen LogP contribution in [0.3, 0.4) is 0 Å². The van der Waals surface area contributed by atoms with Crippen LogP contribution in [0.15, 0.2) is 42.7 Å². The number of ether oxygens (including phenoxy) is 1. The van der Waals surface area contributed by atoms with Crippen molar-refractivity contribution in [3.63, 3.8) is 0 Å². The first-order valence-electron chi connectivity index (χ1n) is 10.6. The lowest BCUT2D eigenvalue weighted by Crippen LogP contribution is -2.54. The summed E-state index contributed by atoms with van der Waals surface area (Å²) in [7, 11) is -1.44. The molecule has 0 radical (unpaired) electrons. The van der Waals surface area contributed by atoms with Crippen molar-refractivity contribution in [1.82, 2.24) is 19.0 Å². The number of aliphatic carboxylic acids is 1. The molecule has 0 unspecified atom stereocenters. The molecule has 0 aliphatic carbocycles. The summed E-state index contributed by atoms with van der Waals surface area (Å²) in [6.45, 7) is 3.06. The Morgan fingerprint density at radius 1 is 1.21 bits per heavy atom. The van der Waals surface area contributed by atoms with Crippen LogP contribution >= 0.6 is 0 Å². The summed E-state index contributed by atoms with van der Waals surface area (Å²) >= 11 is 0. The Labute approximate surface area is 194 Å². The monoisotopic (exact) mass is 502 g/mol. The molecule has 186 valence electrons. The number of fused-ring (bicyclic) bond motifs is 1. The Morgan fingerprint density at radius 2 is 1.88 bits per heavy atom. The molecule has 1 N–H and O–H groups in total. The van der Waals surface area contributed by atoms with Crippen LogP contribution in [-0.4, -0.2) is 81.2 Å². The van der Waals surface area contributed by atoms with E-state index in [1.165, 1.54) is 0 Å². The zero-order valence-corrected chi connectivity index (χ0v) is 19.2. The quantitative estimate of drug-likeness (QED) is 0.677. The van der Waals surface area contributed by atoms with Gasteiger partial charge in [0.1, 0.15) is 10.9 Å². The van der Waals surface area contributed by atoms with E-state index in [2.05, 4.69) is 10.00 Å². The van der Waals surface area contributed by atoms with Crippen LogP contribution in [0.5, 0.6) is 0 Å². The maximum atomic E-state index is 13.2. The normalized spacial score (nSPS) is 28.2. The fourth-order valence-electron chi connectivity index (χ4n) is 4.91. The number of hydrogen-bond acceptors (Lipinski definition) is 6. The van der Waals surface area contributed by atoms with Gasteiger partial charge in [0.05, 0.1) is 12.3 Å². The SMILES string of the molecule is Cn1cc(CN2C[C@H]3C[C@H]4[C@](C2)(CN(Cc2ccccc2)S4(=O)=O)O3)cn1.O=C(O)C(F)(F)F. The number of morpholine rings is 1. The lowest BCUT2D eigenvalue weighted by Gasteiger charge is -2.39. The molecule has 3 saturated heterocycles. The zero-order valence-electron chi connectivity index (χ0n) is 18.3. The molecule has 3 atom stereocenters. The van der Waals surface area contributed by atoms with Gasteiger partial charge in [-0.25, -0.2) is 13.2 Å². The molecule has 34 heavy (non-hydrogen) atoms. The Balaban J connectivity index is 0.000000344. The van der Waals surface area contributed by atoms with Crippen LogP contribution in [-0.2, 0) is 39.7 Å². The number of aryl methyl sites for hydroxylation is 1. The molecular formula is C21H25F3N4O5S. The molecule has 4 heterocycles. The molecule has 2 aromatic rings. The van der Waals surface area contributed by atoms with Crippen molar-refractivity contribution in [3.05, 3.63) is 53.9 Å². The van der Waals surface area contributed by atoms with E-state index in [1.807, 2.05) is 49.8 Å². The fourth-order valence-corrected chi connectivity index (χ4v) is 7.20. The number of carboxylic acid groups (broad SMARTS) is 1. The van der Waals surface area contributed by atoms with Crippen LogP contribution in [0.25, 0.3) is 0 Å². The standard InChI is InChI=1S/C19H24N4O3S.C2HF3O2/c1-21-9-16(8-20-21)10-22-12-17-7-18-19(13-22,26-17)14-23(27(18,24)25)11-15-5-3-2-4-6-15;3-2(4,5)1(6)7/h2-6,8-9,17-18H,7,10-14H2,1H3;(H,6,7)/t17-,18+,19+;/m1./s1. The molecule has 9 nitrogen and oxygen atoms in total. The second-order valence-electron chi connectivity index (χ2n) is 8.82. The van der Waals surface area contributed by atoms with E-state index in [9.17, 15) is 21.6 Å². The smallest absolute Gasteiger partial charge is 0.475 e. The van der Waals surface area contributed by atoms with Crippen molar-refractivity contribution in [2.75, 3.05) is 19.6 Å². The number of benzene rings is 1. The molecule has 13 heteroatoms. The van der Waals surface area contributed by atoms with Crippen LogP contribution in [0.4, 0.5) is 13.2 Å². The number of hydrogen-bond donors (Lipinski definition) is 1. The lowest BCUT2D eigenvalue weighted by atomic mass is 9.99. The molecule has 3 aliphatic rings. The second-order valence-corrected chi connectivity index (χ2v) is 10.9. The van der Waals surface area contributed by atoms with Gasteiger partial charge >= 0.3 is 12.1 Å². The topological polar surface area (TPSA) is 105 Å². The molecule has 1 aromatic heterocycles. The summed E-state index contributed by atoms with van der Waals surface area (Å²) < 4.78 is 67.9. The fraction of sp³-hybridized carbons (Fsp3) is 0.524. The van der Waals surface area contributed by atoms with Gasteiger partial charge in [0, 0.05) is 51.5 Å². The Morgan fingerprint density at radius 3 is 2.47 bits per heavy atom. The summed E-state index contributed by atoms with van der Waals surface area (Å²) in [4.78, 5) is 11.2. The first kappa shape index (κ1) is 24.6. The van der Waals surface area contributed by atoms with Crippen LogP contribution < -0.4 is 0 Å². The number of rotatable bonds is 4. The van der Waals surface area contributed by atoms with E-state index < -0.39 is 33.0 Å². The highest BCUT2D eigenvalue weighted by molar-refractivity contribution is 7.90. The molecule has 0 saturated carbocycles. The third-order valence-corrected chi connectivity index (χ3v) is 8.51. The average Bonchev–Trinajstić information content (AvgIpc) is 3.32. The second kappa shape index (κ2) is 8.95. The molecule has 2 bridgehead atoms. The first-order chi connectivity index (χ1) is 15.9. The van der Waals surface area contributed by atoms with Gasteiger partial charge in [0.15, 0.2) is 0 Å². The summed E-state index contributed by atoms with van der Waals surface area (Å²) in [5, 5.41) is 10.9. The summed E-state index contributed by atoms with van der Waals surface area (Å²) in [6, 6.07) is 9.78. The van der Waals surface area contributed by atoms with Crippen molar-refractivity contribution in [2.24, 2.45) is 7.05 Å². The van der Waals surface area contributed by atoms with E-state index in [0.29, 0.717) is 26.1 Å². The predicted molar refractivity (Wildman–Crippen MR) is 114 cm³/mol. The minimum Gasteiger partial charge on any atom is -0.475 e. The van der Waals surface area contributed by atoms with E-state index in [1.54, 1.807) is 8.99 Å². The lowest BCUT2D eigenvalue weighted by molar-refractivity contribution is -0.192. The highest BCUT2D eigenvalue weighted by Gasteiger charge is 2.64. The van der Waals surface area contributed by atoms with Crippen molar-refractivity contribution >= 4 is 16.0 Å². The summed E-state index contributed by atoms with van der Waals surface area (Å²) in [6.07, 6.45) is -0.606. The summed E-state index contributed by atoms with van der Waals surface area (Å²) in [5.41, 5.74) is 1.55. The highest BCUT2D eigenvalue weighted by atomic mass is 32.2. The minimum atomic E-state index is -5.08. The van der Waals surface area contributed by atoms with E-state index >= 15 is 0 Å². The molecule has 1 spiro atoms. The molecule has 3 fully saturated rings. The van der Waals surface area contributed by atoms with E-state index in [-0.39, 0.29) is 6.10 Å². The van der Waals surface area contributed by atoms with Crippen molar-refractivity contribution in [1.29, 1.82) is 0 Å². The van der Waals surface area contributed by atoms with E-state index in [4.69, 9.17) is 14.6 Å². The van der Waals surface area contributed by atoms with Crippen LogP contribution in [0.2, 0.25) is 0 Å². The van der Waals surface area contributed by atoms with Gasteiger partial charge < -0.3 is 9.84 Å². The van der Waals surface area contributed by atoms with E-state index in [0.717, 1.165) is 24.2 Å². The van der Waals surface area contributed by atoms with Gasteiger partial charge in [-0.1, -0.05) is 30.3 Å². The van der Waals surface area contributed by atoms with Crippen molar-refractivity contribution < 1.29 is 36.2 Å². The largest absolute Gasteiger partial charge is 0.490 e. The van der Waals surface area contributed by atoms with Gasteiger partial charge in [0.25, 0.3) is 0 Å². The number of likely N-dealkylation sites (tertiary alicyclic amines) is 1. The number of carbonyl (C=O) groups is 1. The third kappa shape index (κ3) is 4.97. The zero-order chi connectivity index (χ0) is 24.7. The Kier molecular flexibility index (Phi) is 6.48. The van der Waals surface area contributed by atoms with Crippen LogP contribution in [0.1, 0.15) is 17.5 Å². The van der Waals surface area contributed by atoms with Crippen molar-refractivity contribution in [2.45, 2.75) is 42.6 Å². The Hall–Kier alpha value is -2.48. The molecular weight excluding hydrogens is 477 g/mol. The third-order valence-electron chi connectivity index (χ3n) is 6.19. The van der Waals surface area contributed by atoms with Gasteiger partial charge in [-0.3, -0.25) is 9.58 Å². The number of sulfonamides is 1. The van der Waals surface area contributed by atoms with Gasteiger partial charge in [-0.2, -0.15) is 22.6 Å². The molecule has 0 amide bonds. The number of nitrogens with zero attached hydrogens (tertiary/aromatic N) is 4. The first-order valence-corrected chi connectivity index (χ1v) is 12.1. The highest BCUT2D eigenvalue weighted by Crippen LogP contribution is 2.47. The van der Waals surface area contributed by atoms with Crippen LogP contribution in [0, 0.1) is 0 Å². The number of halogens is 3. The van der Waals surface area contributed by atoms with Crippen molar-refractivity contribution in [3.8, 4) is 0 Å². The number of aromatic nitrogens is 2. The minimum absolute atomic E-state index is 0.00549. The Bertz CT molecular complexity index is 1140. The summed E-state index contributed by atoms with van der Waals surface area (Å²) in [5.74, 6) is -2.76. The van der Waals surface area contributed by atoms with Gasteiger partial charge in [0.2, 0.25) is 10.0 Å². The predicted octanol–water partition coefficient (Wildman–Crippen LogP) is 1.61. The number of alkyl halides is 3. The maximum absolute atomic E-state index is 13.2. The average molecular weight is 503 g/mol. The molecule has 5 rings (SSSR count). The number of carboxylic acids is 1. The molecule has 1 aromatic carbocycles. The maximum Gasteiger partial charge on any atom is 0.490 e. The molecule has 3 aliphatic heterocycles.